The molecule has 1 aromatic carbocycles. The van der Waals surface area contributed by atoms with Crippen molar-refractivity contribution in [3.05, 3.63) is 23.2 Å². The van der Waals surface area contributed by atoms with E-state index >= 15 is 0 Å². The van der Waals surface area contributed by atoms with E-state index in [4.69, 9.17) is 21.1 Å². The van der Waals surface area contributed by atoms with Crippen molar-refractivity contribution in [2.24, 2.45) is 0 Å². The Balaban J connectivity index is 2.90. The van der Waals surface area contributed by atoms with Gasteiger partial charge in [-0.15, -0.1) is 0 Å². The number of carbonyl (C=O) groups excluding carboxylic acids is 1. The van der Waals surface area contributed by atoms with Crippen molar-refractivity contribution in [1.29, 1.82) is 0 Å². The Morgan fingerprint density at radius 3 is 2.70 bits per heavy atom. The number of amides is 1. The number of sulfonamides is 1. The normalized spacial score (nSPS) is 12.7. The molecule has 2 N–H and O–H groups in total. The van der Waals surface area contributed by atoms with Gasteiger partial charge in [0.05, 0.1) is 19.3 Å². The van der Waals surface area contributed by atoms with Crippen molar-refractivity contribution >= 4 is 27.5 Å². The molecule has 0 fully saturated rings. The first-order valence-electron chi connectivity index (χ1n) is 7.03. The number of benzene rings is 1. The van der Waals surface area contributed by atoms with E-state index in [-0.39, 0.29) is 15.7 Å². The molecule has 1 rings (SSSR count). The van der Waals surface area contributed by atoms with Gasteiger partial charge in [-0.3, -0.25) is 4.79 Å². The summed E-state index contributed by atoms with van der Waals surface area (Å²) in [5.41, 5.74) is 0. The van der Waals surface area contributed by atoms with Crippen LogP contribution >= 0.6 is 11.6 Å². The Hall–Kier alpha value is -1.35. The SMILES string of the molecule is CCOc1ccc(Cl)cc1S(=O)(=O)NC(C)C(=O)NCCOC. The van der Waals surface area contributed by atoms with Gasteiger partial charge < -0.3 is 14.8 Å². The maximum absolute atomic E-state index is 12.5. The van der Waals surface area contributed by atoms with E-state index in [9.17, 15) is 13.2 Å². The van der Waals surface area contributed by atoms with Gasteiger partial charge in [0.2, 0.25) is 15.9 Å². The number of methoxy groups -OCH3 is 1. The molecule has 1 amide bonds. The minimum Gasteiger partial charge on any atom is -0.492 e. The molecule has 130 valence electrons. The van der Waals surface area contributed by atoms with Crippen LogP contribution in [0.1, 0.15) is 13.8 Å². The van der Waals surface area contributed by atoms with E-state index in [2.05, 4.69) is 10.0 Å². The van der Waals surface area contributed by atoms with E-state index in [0.717, 1.165) is 0 Å². The fourth-order valence-electron chi connectivity index (χ4n) is 1.75. The zero-order valence-electron chi connectivity index (χ0n) is 13.3. The molecule has 7 nitrogen and oxygen atoms in total. The van der Waals surface area contributed by atoms with Crippen LogP contribution in [0.5, 0.6) is 5.75 Å². The molecule has 0 bridgehead atoms. The highest BCUT2D eigenvalue weighted by Gasteiger charge is 2.25. The van der Waals surface area contributed by atoms with Crippen LogP contribution in [0.4, 0.5) is 0 Å². The Kier molecular flexibility index (Phi) is 7.77. The van der Waals surface area contributed by atoms with Crippen molar-refractivity contribution in [3.63, 3.8) is 0 Å². The topological polar surface area (TPSA) is 93.7 Å². The van der Waals surface area contributed by atoms with Gasteiger partial charge in [-0.1, -0.05) is 11.6 Å². The molecule has 0 saturated heterocycles. The van der Waals surface area contributed by atoms with Crippen molar-refractivity contribution in [3.8, 4) is 5.75 Å². The molecule has 0 spiro atoms. The third-order valence-electron chi connectivity index (χ3n) is 2.83. The van der Waals surface area contributed by atoms with Crippen LogP contribution in [-0.4, -0.2) is 47.2 Å². The molecular formula is C14H21ClN2O5S. The highest BCUT2D eigenvalue weighted by Crippen LogP contribution is 2.27. The van der Waals surface area contributed by atoms with Crippen molar-refractivity contribution < 1.29 is 22.7 Å². The van der Waals surface area contributed by atoms with Crippen LogP contribution in [-0.2, 0) is 19.6 Å². The van der Waals surface area contributed by atoms with E-state index in [1.807, 2.05) is 0 Å². The predicted molar refractivity (Wildman–Crippen MR) is 87.3 cm³/mol. The van der Waals surface area contributed by atoms with Gasteiger partial charge in [-0.2, -0.15) is 4.72 Å². The minimum absolute atomic E-state index is 0.108. The summed E-state index contributed by atoms with van der Waals surface area (Å²) in [4.78, 5) is 11.7. The Morgan fingerprint density at radius 1 is 1.39 bits per heavy atom. The quantitative estimate of drug-likeness (QED) is 0.641. The summed E-state index contributed by atoms with van der Waals surface area (Å²) in [6.45, 7) is 4.13. The second-order valence-electron chi connectivity index (χ2n) is 4.65. The molecule has 0 aliphatic carbocycles. The highest BCUT2D eigenvalue weighted by molar-refractivity contribution is 7.89. The molecule has 0 aliphatic rings. The first-order chi connectivity index (χ1) is 10.8. The first kappa shape index (κ1) is 19.7. The summed E-state index contributed by atoms with van der Waals surface area (Å²) < 4.78 is 37.4. The lowest BCUT2D eigenvalue weighted by atomic mass is 10.3. The number of rotatable bonds is 9. The minimum atomic E-state index is -3.96. The van der Waals surface area contributed by atoms with Gasteiger partial charge in [-0.05, 0) is 32.0 Å². The van der Waals surface area contributed by atoms with Gasteiger partial charge in [0.25, 0.3) is 0 Å². The van der Waals surface area contributed by atoms with Crippen LogP contribution in [0.2, 0.25) is 5.02 Å². The number of nitrogens with one attached hydrogen (secondary N) is 2. The van der Waals surface area contributed by atoms with Gasteiger partial charge in [0.15, 0.2) is 0 Å². The van der Waals surface area contributed by atoms with E-state index in [1.165, 1.54) is 32.2 Å². The highest BCUT2D eigenvalue weighted by atomic mass is 35.5. The zero-order valence-corrected chi connectivity index (χ0v) is 14.8. The van der Waals surface area contributed by atoms with Crippen LogP contribution in [0.3, 0.4) is 0 Å². The lowest BCUT2D eigenvalue weighted by molar-refractivity contribution is -0.122. The Labute approximate surface area is 141 Å². The lowest BCUT2D eigenvalue weighted by Crippen LogP contribution is -2.45. The Morgan fingerprint density at radius 2 is 2.09 bits per heavy atom. The number of hydrogen-bond acceptors (Lipinski definition) is 5. The van der Waals surface area contributed by atoms with Crippen molar-refractivity contribution in [2.45, 2.75) is 24.8 Å². The summed E-state index contributed by atoms with van der Waals surface area (Å²) in [6.07, 6.45) is 0. The van der Waals surface area contributed by atoms with Crippen molar-refractivity contribution in [2.75, 3.05) is 26.9 Å². The largest absolute Gasteiger partial charge is 0.492 e. The molecule has 1 unspecified atom stereocenters. The number of halogens is 1. The molecular weight excluding hydrogens is 344 g/mol. The molecule has 1 aromatic rings. The number of hydrogen-bond donors (Lipinski definition) is 2. The molecule has 0 saturated carbocycles. The number of ether oxygens (including phenoxy) is 2. The summed E-state index contributed by atoms with van der Waals surface area (Å²) in [6, 6.07) is 3.34. The lowest BCUT2D eigenvalue weighted by Gasteiger charge is -2.16. The molecule has 9 heteroatoms. The van der Waals surface area contributed by atoms with Gasteiger partial charge >= 0.3 is 0 Å². The van der Waals surface area contributed by atoms with E-state index < -0.39 is 22.0 Å². The third kappa shape index (κ3) is 5.98. The monoisotopic (exact) mass is 364 g/mol. The first-order valence-corrected chi connectivity index (χ1v) is 8.89. The van der Waals surface area contributed by atoms with Crippen LogP contribution in [0.25, 0.3) is 0 Å². The van der Waals surface area contributed by atoms with Crippen LogP contribution < -0.4 is 14.8 Å². The summed E-state index contributed by atoms with van der Waals surface area (Å²) in [5.74, 6) is -0.276. The molecule has 0 radical (unpaired) electrons. The van der Waals surface area contributed by atoms with E-state index in [0.29, 0.717) is 19.8 Å². The maximum atomic E-state index is 12.5. The predicted octanol–water partition coefficient (Wildman–Crippen LogP) is 1.17. The summed E-state index contributed by atoms with van der Waals surface area (Å²) in [7, 11) is -2.46. The van der Waals surface area contributed by atoms with Crippen molar-refractivity contribution in [1.82, 2.24) is 10.0 Å². The van der Waals surface area contributed by atoms with Crippen LogP contribution in [0, 0.1) is 0 Å². The Bertz CT molecular complexity index is 636. The average Bonchev–Trinajstić information content (AvgIpc) is 2.49. The fraction of sp³-hybridized carbons (Fsp3) is 0.500. The molecule has 0 aromatic heterocycles. The summed E-state index contributed by atoms with van der Waals surface area (Å²) in [5, 5.41) is 2.82. The molecule has 0 heterocycles. The standard InChI is InChI=1S/C14H21ClN2O5S/c1-4-22-12-6-5-11(15)9-13(12)23(19,20)17-10(2)14(18)16-7-8-21-3/h5-6,9-10,17H,4,7-8H2,1-3H3,(H,16,18). The molecule has 1 atom stereocenters. The second kappa shape index (κ2) is 9.07. The average molecular weight is 365 g/mol. The summed E-state index contributed by atoms with van der Waals surface area (Å²) >= 11 is 5.87. The van der Waals surface area contributed by atoms with E-state index in [1.54, 1.807) is 6.92 Å². The smallest absolute Gasteiger partial charge is 0.245 e. The fourth-order valence-corrected chi connectivity index (χ4v) is 3.36. The third-order valence-corrected chi connectivity index (χ3v) is 4.62. The molecule has 23 heavy (non-hydrogen) atoms. The van der Waals surface area contributed by atoms with Gasteiger partial charge in [0, 0.05) is 18.7 Å². The number of carbonyl (C=O) groups is 1. The zero-order chi connectivity index (χ0) is 17.5. The van der Waals surface area contributed by atoms with Gasteiger partial charge in [-0.25, -0.2) is 8.42 Å². The second-order valence-corrected chi connectivity index (χ2v) is 6.77. The maximum Gasteiger partial charge on any atom is 0.245 e. The van der Waals surface area contributed by atoms with Crippen LogP contribution in [0.15, 0.2) is 23.1 Å². The molecule has 0 aliphatic heterocycles. The van der Waals surface area contributed by atoms with Gasteiger partial charge in [0.1, 0.15) is 10.6 Å².